The smallest absolute Gasteiger partial charge is 0.343 e. The molecule has 8 heteroatoms. The first-order chi connectivity index (χ1) is 19.5. The summed E-state index contributed by atoms with van der Waals surface area (Å²) in [6.07, 6.45) is 5.73. The number of carbonyl (C=O) groups is 1. The topological polar surface area (TPSA) is 113 Å². The van der Waals surface area contributed by atoms with Gasteiger partial charge in [0.1, 0.15) is 28.9 Å². The van der Waals surface area contributed by atoms with Crippen molar-refractivity contribution in [2.45, 2.75) is 44.9 Å². The number of hydrogen-bond acceptors (Lipinski definition) is 8. The minimum Gasteiger partial charge on any atom is -0.497 e. The predicted octanol–water partition coefficient (Wildman–Crippen LogP) is 6.49. The molecule has 1 aliphatic heterocycles. The molecule has 8 nitrogen and oxygen atoms in total. The van der Waals surface area contributed by atoms with Gasteiger partial charge in [-0.1, -0.05) is 50.8 Å². The minimum atomic E-state index is -0.543. The van der Waals surface area contributed by atoms with Gasteiger partial charge in [-0.15, -0.1) is 0 Å². The van der Waals surface area contributed by atoms with E-state index in [1.165, 1.54) is 26.4 Å². The second kappa shape index (κ2) is 13.4. The molecular weight excluding hydrogens is 508 g/mol. The molecule has 1 aliphatic rings. The van der Waals surface area contributed by atoms with Crippen LogP contribution in [0.25, 0.3) is 0 Å². The van der Waals surface area contributed by atoms with E-state index in [0.717, 1.165) is 18.4 Å². The molecule has 0 saturated carbocycles. The molecule has 3 aromatic carbocycles. The maximum atomic E-state index is 12.7. The fraction of sp³-hybridized carbons (Fsp3) is 0.312. The van der Waals surface area contributed by atoms with Crippen molar-refractivity contribution in [1.29, 1.82) is 5.26 Å². The van der Waals surface area contributed by atoms with E-state index in [1.807, 2.05) is 18.2 Å². The van der Waals surface area contributed by atoms with Crippen LogP contribution in [0, 0.1) is 11.3 Å². The molecule has 208 valence electrons. The molecule has 0 saturated heterocycles. The summed E-state index contributed by atoms with van der Waals surface area (Å²) in [5, 5.41) is 9.94. The van der Waals surface area contributed by atoms with Crippen LogP contribution in [0.3, 0.4) is 0 Å². The van der Waals surface area contributed by atoms with Crippen LogP contribution < -0.4 is 29.4 Å². The standard InChI is InChI=1S/C32H34N2O6/c1-4-5-6-7-8-16-38-27-15-12-21(18-29(27)37-3)30-25-14-13-24(19-28(25)40-31(34)26(30)20-33)39-32(35)22-10-9-11-23(17-22)36-2/h9-15,17-19,30H,4-8,16,34H2,1-3H3. The predicted molar refractivity (Wildman–Crippen MR) is 151 cm³/mol. The first-order valence-electron chi connectivity index (χ1n) is 13.4. The quantitative estimate of drug-likeness (QED) is 0.157. The Morgan fingerprint density at radius 1 is 0.950 bits per heavy atom. The highest BCUT2D eigenvalue weighted by molar-refractivity contribution is 5.91. The number of rotatable bonds is 12. The third kappa shape index (κ3) is 6.49. The SMILES string of the molecule is CCCCCCCOc1ccc(C2C(C#N)=C(N)Oc3cc(OC(=O)c4cccc(OC)c4)ccc32)cc1OC. The number of carbonyl (C=O) groups excluding carboxylic acids is 1. The number of unbranched alkanes of at least 4 members (excludes halogenated alkanes) is 4. The molecule has 2 N–H and O–H groups in total. The van der Waals surface area contributed by atoms with E-state index in [-0.39, 0.29) is 17.2 Å². The average Bonchev–Trinajstić information content (AvgIpc) is 2.98. The Hall–Kier alpha value is -4.64. The number of benzene rings is 3. The molecule has 1 heterocycles. The Bertz CT molecular complexity index is 1430. The molecule has 0 fully saturated rings. The third-order valence-corrected chi connectivity index (χ3v) is 6.73. The van der Waals surface area contributed by atoms with Gasteiger partial charge in [0.2, 0.25) is 5.88 Å². The summed E-state index contributed by atoms with van der Waals surface area (Å²) in [5.74, 6) is 1.37. The Morgan fingerprint density at radius 2 is 1.77 bits per heavy atom. The van der Waals surface area contributed by atoms with Crippen molar-refractivity contribution in [3.8, 4) is 34.8 Å². The van der Waals surface area contributed by atoms with Gasteiger partial charge in [0.15, 0.2) is 11.5 Å². The fourth-order valence-electron chi connectivity index (χ4n) is 4.63. The normalized spacial score (nSPS) is 14.0. The zero-order chi connectivity index (χ0) is 28.5. The highest BCUT2D eigenvalue weighted by Gasteiger charge is 2.32. The van der Waals surface area contributed by atoms with Crippen molar-refractivity contribution in [1.82, 2.24) is 0 Å². The molecule has 0 spiro atoms. The maximum Gasteiger partial charge on any atom is 0.343 e. The second-order valence-corrected chi connectivity index (χ2v) is 9.42. The van der Waals surface area contributed by atoms with Gasteiger partial charge in [-0.2, -0.15) is 5.26 Å². The molecule has 3 aromatic rings. The van der Waals surface area contributed by atoms with E-state index < -0.39 is 11.9 Å². The van der Waals surface area contributed by atoms with Gasteiger partial charge < -0.3 is 29.4 Å². The lowest BCUT2D eigenvalue weighted by atomic mass is 9.83. The number of fused-ring (bicyclic) bond motifs is 1. The summed E-state index contributed by atoms with van der Waals surface area (Å²) in [4.78, 5) is 12.7. The highest BCUT2D eigenvalue weighted by atomic mass is 16.5. The second-order valence-electron chi connectivity index (χ2n) is 9.42. The van der Waals surface area contributed by atoms with Crippen molar-refractivity contribution in [3.63, 3.8) is 0 Å². The van der Waals surface area contributed by atoms with E-state index in [0.29, 0.717) is 40.7 Å². The largest absolute Gasteiger partial charge is 0.497 e. The number of ether oxygens (including phenoxy) is 5. The van der Waals surface area contributed by atoms with Crippen molar-refractivity contribution in [2.24, 2.45) is 5.73 Å². The monoisotopic (exact) mass is 542 g/mol. The first kappa shape index (κ1) is 28.4. The van der Waals surface area contributed by atoms with Crippen LogP contribution in [0.1, 0.15) is 66.4 Å². The number of nitriles is 1. The summed E-state index contributed by atoms with van der Waals surface area (Å²) >= 11 is 0. The molecule has 0 aliphatic carbocycles. The summed E-state index contributed by atoms with van der Waals surface area (Å²) in [5.41, 5.74) is 8.30. The summed E-state index contributed by atoms with van der Waals surface area (Å²) < 4.78 is 28.2. The van der Waals surface area contributed by atoms with Gasteiger partial charge in [0, 0.05) is 11.6 Å². The lowest BCUT2D eigenvalue weighted by molar-refractivity contribution is 0.0734. The molecule has 0 amide bonds. The van der Waals surface area contributed by atoms with Gasteiger partial charge in [-0.25, -0.2) is 4.79 Å². The van der Waals surface area contributed by atoms with Crippen LogP contribution in [-0.4, -0.2) is 26.8 Å². The minimum absolute atomic E-state index is 0.0114. The Labute approximate surface area is 234 Å². The first-order valence-corrected chi connectivity index (χ1v) is 13.4. The fourth-order valence-corrected chi connectivity index (χ4v) is 4.63. The highest BCUT2D eigenvalue weighted by Crippen LogP contribution is 2.45. The van der Waals surface area contributed by atoms with E-state index >= 15 is 0 Å². The van der Waals surface area contributed by atoms with Crippen molar-refractivity contribution >= 4 is 5.97 Å². The van der Waals surface area contributed by atoms with Gasteiger partial charge in [0.05, 0.1) is 32.3 Å². The number of methoxy groups -OCH3 is 2. The van der Waals surface area contributed by atoms with E-state index in [2.05, 4.69) is 13.0 Å². The summed E-state index contributed by atoms with van der Waals surface area (Å²) in [6.45, 7) is 2.80. The van der Waals surface area contributed by atoms with Gasteiger partial charge in [0.25, 0.3) is 0 Å². The molecule has 0 bridgehead atoms. The molecule has 1 atom stereocenters. The van der Waals surface area contributed by atoms with E-state index in [4.69, 9.17) is 29.4 Å². The van der Waals surface area contributed by atoms with E-state index in [9.17, 15) is 10.1 Å². The van der Waals surface area contributed by atoms with Gasteiger partial charge in [-0.05, 0) is 48.4 Å². The van der Waals surface area contributed by atoms with Crippen LogP contribution in [0.5, 0.6) is 28.7 Å². The lowest BCUT2D eigenvalue weighted by Crippen LogP contribution is -2.21. The molecule has 4 rings (SSSR count). The van der Waals surface area contributed by atoms with Crippen LogP contribution in [0.4, 0.5) is 0 Å². The van der Waals surface area contributed by atoms with Crippen molar-refractivity contribution in [3.05, 3.63) is 88.8 Å². The zero-order valence-corrected chi connectivity index (χ0v) is 23.1. The van der Waals surface area contributed by atoms with Crippen molar-refractivity contribution in [2.75, 3.05) is 20.8 Å². The molecule has 0 aromatic heterocycles. The van der Waals surface area contributed by atoms with Crippen LogP contribution in [0.15, 0.2) is 72.1 Å². The van der Waals surface area contributed by atoms with Crippen LogP contribution in [-0.2, 0) is 0 Å². The average molecular weight is 543 g/mol. The molecule has 40 heavy (non-hydrogen) atoms. The molecule has 0 radical (unpaired) electrons. The Balaban J connectivity index is 1.57. The van der Waals surface area contributed by atoms with E-state index in [1.54, 1.807) is 49.6 Å². The Morgan fingerprint density at radius 3 is 2.52 bits per heavy atom. The molecule has 1 unspecified atom stereocenters. The third-order valence-electron chi connectivity index (χ3n) is 6.73. The molecular formula is C32H34N2O6. The number of nitrogens with two attached hydrogens (primary N) is 1. The summed E-state index contributed by atoms with van der Waals surface area (Å²) in [6, 6.07) is 19.5. The van der Waals surface area contributed by atoms with Crippen LogP contribution >= 0.6 is 0 Å². The number of esters is 1. The van der Waals surface area contributed by atoms with Gasteiger partial charge in [-0.3, -0.25) is 0 Å². The number of hydrogen-bond donors (Lipinski definition) is 1. The van der Waals surface area contributed by atoms with Gasteiger partial charge >= 0.3 is 5.97 Å². The maximum absolute atomic E-state index is 12.7. The number of allylic oxidation sites excluding steroid dienone is 1. The lowest BCUT2D eigenvalue weighted by Gasteiger charge is -2.27. The zero-order valence-electron chi connectivity index (χ0n) is 23.1. The summed E-state index contributed by atoms with van der Waals surface area (Å²) in [7, 11) is 3.12. The Kier molecular flexibility index (Phi) is 9.53. The van der Waals surface area contributed by atoms with Crippen molar-refractivity contribution < 1.29 is 28.5 Å². The number of nitrogens with zero attached hydrogens (tertiary/aromatic N) is 1. The van der Waals surface area contributed by atoms with Crippen LogP contribution in [0.2, 0.25) is 0 Å².